The molecule has 1 saturated heterocycles. The average Bonchev–Trinajstić information content (AvgIpc) is 2.93. The Kier molecular flexibility index (Phi) is 3.14. The van der Waals surface area contributed by atoms with Gasteiger partial charge in [-0.2, -0.15) is 0 Å². The number of hydrogen-bond acceptors (Lipinski definition) is 2. The largest absolute Gasteiger partial charge is 0.368 e. The minimum Gasteiger partial charge on any atom is -0.368 e. The summed E-state index contributed by atoms with van der Waals surface area (Å²) in [5.74, 6) is 0.935. The Labute approximate surface area is 111 Å². The number of nitrogens with two attached hydrogens (primary N) is 1. The number of nitrogens with zero attached hydrogens (tertiary/aromatic N) is 1. The maximum Gasteiger partial charge on any atom is 0.0413 e. The second-order valence-corrected chi connectivity index (χ2v) is 6.21. The molecule has 1 heterocycles. The van der Waals surface area contributed by atoms with Crippen LogP contribution in [0.3, 0.4) is 0 Å². The van der Waals surface area contributed by atoms with E-state index in [1.54, 1.807) is 0 Å². The number of piperidine rings is 1. The van der Waals surface area contributed by atoms with Crippen LogP contribution < -0.4 is 10.6 Å². The van der Waals surface area contributed by atoms with E-state index in [9.17, 15) is 0 Å². The zero-order valence-corrected chi connectivity index (χ0v) is 11.6. The highest BCUT2D eigenvalue weighted by atomic mass is 79.9. The van der Waals surface area contributed by atoms with E-state index < -0.39 is 0 Å². The molecule has 2 bridgehead atoms. The highest BCUT2D eigenvalue weighted by molar-refractivity contribution is 9.10. The van der Waals surface area contributed by atoms with Crippen LogP contribution >= 0.6 is 15.9 Å². The minimum atomic E-state index is 0.733. The van der Waals surface area contributed by atoms with Gasteiger partial charge in [-0.3, -0.25) is 0 Å². The predicted octanol–water partition coefficient (Wildman–Crippen LogP) is 2.94. The van der Waals surface area contributed by atoms with Crippen LogP contribution in [0.25, 0.3) is 0 Å². The van der Waals surface area contributed by atoms with Crippen molar-refractivity contribution in [2.24, 2.45) is 11.7 Å². The van der Waals surface area contributed by atoms with E-state index >= 15 is 0 Å². The van der Waals surface area contributed by atoms with Crippen molar-refractivity contribution >= 4 is 21.6 Å². The second kappa shape index (κ2) is 4.62. The first-order chi connectivity index (χ1) is 8.28. The van der Waals surface area contributed by atoms with Crippen LogP contribution in [0, 0.1) is 5.92 Å². The molecule has 2 nitrogen and oxygen atoms in total. The van der Waals surface area contributed by atoms with Crippen molar-refractivity contribution < 1.29 is 0 Å². The molecule has 0 radical (unpaired) electrons. The van der Waals surface area contributed by atoms with Crippen LogP contribution in [0.2, 0.25) is 0 Å². The van der Waals surface area contributed by atoms with Crippen molar-refractivity contribution in [1.82, 2.24) is 0 Å². The third-order valence-corrected chi connectivity index (χ3v) is 4.67. The van der Waals surface area contributed by atoms with Crippen LogP contribution in [-0.2, 0) is 6.42 Å². The Morgan fingerprint density at radius 1 is 1.35 bits per heavy atom. The van der Waals surface area contributed by atoms with Crippen molar-refractivity contribution in [2.75, 3.05) is 18.0 Å². The Balaban J connectivity index is 1.92. The van der Waals surface area contributed by atoms with E-state index in [2.05, 4.69) is 39.0 Å². The number of anilines is 1. The molecule has 17 heavy (non-hydrogen) atoms. The molecule has 2 unspecified atom stereocenters. The van der Waals surface area contributed by atoms with Gasteiger partial charge in [-0.15, -0.1) is 0 Å². The smallest absolute Gasteiger partial charge is 0.0413 e. The number of benzene rings is 1. The maximum absolute atomic E-state index is 5.71. The molecule has 2 N–H and O–H groups in total. The van der Waals surface area contributed by atoms with E-state index in [1.165, 1.54) is 41.5 Å². The highest BCUT2D eigenvalue weighted by Gasteiger charge is 2.38. The quantitative estimate of drug-likeness (QED) is 0.929. The number of halogens is 1. The molecular weight excluding hydrogens is 276 g/mol. The lowest BCUT2D eigenvalue weighted by molar-refractivity contribution is 0.552. The van der Waals surface area contributed by atoms with Gasteiger partial charge in [-0.25, -0.2) is 0 Å². The molecule has 2 fully saturated rings. The van der Waals surface area contributed by atoms with Gasteiger partial charge in [0.25, 0.3) is 0 Å². The fraction of sp³-hybridized carbons (Fsp3) is 0.571. The first kappa shape index (κ1) is 11.5. The lowest BCUT2D eigenvalue weighted by Gasteiger charge is -2.31. The molecule has 2 aliphatic rings. The fourth-order valence-corrected chi connectivity index (χ4v) is 3.74. The third kappa shape index (κ3) is 2.11. The standard InChI is InChI=1S/C14H19BrN2/c15-12-3-2-11(5-6-16)14(8-12)17-9-10-1-4-13(17)7-10/h2-3,8,10,13H,1,4-7,9,16H2. The molecular formula is C14H19BrN2. The molecule has 1 saturated carbocycles. The van der Waals surface area contributed by atoms with E-state index in [0.717, 1.165) is 24.9 Å². The maximum atomic E-state index is 5.71. The summed E-state index contributed by atoms with van der Waals surface area (Å²) in [6.07, 6.45) is 5.19. The second-order valence-electron chi connectivity index (χ2n) is 5.30. The van der Waals surface area contributed by atoms with Crippen LogP contribution in [0.5, 0.6) is 0 Å². The molecule has 3 rings (SSSR count). The Morgan fingerprint density at radius 3 is 2.88 bits per heavy atom. The van der Waals surface area contributed by atoms with Crippen LogP contribution in [0.1, 0.15) is 24.8 Å². The van der Waals surface area contributed by atoms with Crippen LogP contribution in [0.15, 0.2) is 22.7 Å². The fourth-order valence-electron chi connectivity index (χ4n) is 3.39. The Morgan fingerprint density at radius 2 is 2.24 bits per heavy atom. The van der Waals surface area contributed by atoms with E-state index in [1.807, 2.05) is 0 Å². The molecule has 92 valence electrons. The molecule has 1 aromatic rings. The van der Waals surface area contributed by atoms with Crippen molar-refractivity contribution in [3.8, 4) is 0 Å². The highest BCUT2D eigenvalue weighted by Crippen LogP contribution is 2.41. The van der Waals surface area contributed by atoms with Gasteiger partial charge < -0.3 is 10.6 Å². The first-order valence-corrected chi connectivity index (χ1v) is 7.32. The van der Waals surface area contributed by atoms with Crippen molar-refractivity contribution in [1.29, 1.82) is 0 Å². The Bertz CT molecular complexity index is 419. The summed E-state index contributed by atoms with van der Waals surface area (Å²) in [6.45, 7) is 1.98. The molecule has 0 aromatic heterocycles. The summed E-state index contributed by atoms with van der Waals surface area (Å²) in [4.78, 5) is 2.62. The zero-order valence-electron chi connectivity index (χ0n) is 10.0. The summed E-state index contributed by atoms with van der Waals surface area (Å²) in [6, 6.07) is 7.40. The van der Waals surface area contributed by atoms with E-state index in [0.29, 0.717) is 0 Å². The van der Waals surface area contributed by atoms with Gasteiger partial charge in [0.1, 0.15) is 0 Å². The van der Waals surface area contributed by atoms with Crippen molar-refractivity contribution in [3.63, 3.8) is 0 Å². The Hall–Kier alpha value is -0.540. The minimum absolute atomic E-state index is 0.733. The normalized spacial score (nSPS) is 26.8. The van der Waals surface area contributed by atoms with Gasteiger partial charge in [0, 0.05) is 22.7 Å². The van der Waals surface area contributed by atoms with E-state index in [-0.39, 0.29) is 0 Å². The molecule has 1 aliphatic carbocycles. The van der Waals surface area contributed by atoms with Crippen LogP contribution in [-0.4, -0.2) is 19.1 Å². The van der Waals surface area contributed by atoms with E-state index in [4.69, 9.17) is 5.73 Å². The third-order valence-electron chi connectivity index (χ3n) is 4.18. The van der Waals surface area contributed by atoms with Gasteiger partial charge in [-0.1, -0.05) is 22.0 Å². The number of fused-ring (bicyclic) bond motifs is 2. The number of hydrogen-bond donors (Lipinski definition) is 1. The SMILES string of the molecule is NCCc1ccc(Br)cc1N1CC2CCC1C2. The molecule has 0 amide bonds. The summed E-state index contributed by atoms with van der Waals surface area (Å²) in [7, 11) is 0. The summed E-state index contributed by atoms with van der Waals surface area (Å²) in [5.41, 5.74) is 8.53. The summed E-state index contributed by atoms with van der Waals surface area (Å²) >= 11 is 3.59. The lowest BCUT2D eigenvalue weighted by Crippen LogP contribution is -2.32. The molecule has 1 aromatic carbocycles. The zero-order chi connectivity index (χ0) is 11.8. The van der Waals surface area contributed by atoms with Crippen molar-refractivity contribution in [2.45, 2.75) is 31.7 Å². The molecule has 1 aliphatic heterocycles. The lowest BCUT2D eigenvalue weighted by atomic mass is 10.1. The first-order valence-electron chi connectivity index (χ1n) is 6.53. The van der Waals surface area contributed by atoms with Gasteiger partial charge in [0.15, 0.2) is 0 Å². The molecule has 0 spiro atoms. The van der Waals surface area contributed by atoms with Gasteiger partial charge >= 0.3 is 0 Å². The number of rotatable bonds is 3. The summed E-state index contributed by atoms with van der Waals surface area (Å²) in [5, 5.41) is 0. The monoisotopic (exact) mass is 294 g/mol. The predicted molar refractivity (Wildman–Crippen MR) is 75.4 cm³/mol. The summed E-state index contributed by atoms with van der Waals surface area (Å²) < 4.78 is 1.18. The average molecular weight is 295 g/mol. The van der Waals surface area contributed by atoms with Gasteiger partial charge in [0.05, 0.1) is 0 Å². The van der Waals surface area contributed by atoms with Crippen LogP contribution in [0.4, 0.5) is 5.69 Å². The van der Waals surface area contributed by atoms with Crippen molar-refractivity contribution in [3.05, 3.63) is 28.2 Å². The van der Waals surface area contributed by atoms with Gasteiger partial charge in [0.2, 0.25) is 0 Å². The topological polar surface area (TPSA) is 29.3 Å². The molecule has 3 heteroatoms. The van der Waals surface area contributed by atoms with Gasteiger partial charge in [-0.05, 0) is 55.8 Å². The molecule has 2 atom stereocenters.